The Kier molecular flexibility index (Phi) is 71.7. The van der Waals surface area contributed by atoms with Crippen LogP contribution in [0.15, 0.2) is 36.5 Å². The molecule has 0 saturated heterocycles. The van der Waals surface area contributed by atoms with Gasteiger partial charge in [-0.1, -0.05) is 378 Å². The number of hydrogen-bond donors (Lipinski definition) is 1. The van der Waals surface area contributed by atoms with E-state index < -0.39 is 6.10 Å². The summed E-state index contributed by atoms with van der Waals surface area (Å²) < 4.78 is 10.8. The van der Waals surface area contributed by atoms with Gasteiger partial charge in [0.25, 0.3) is 0 Å². The molecule has 1 atom stereocenters. The molecule has 0 aliphatic heterocycles. The molecule has 0 aliphatic carbocycles. The fraction of sp³-hybridized carbons (Fsp3) is 0.896. The second-order valence-corrected chi connectivity index (χ2v) is 25.7. The van der Waals surface area contributed by atoms with Crippen LogP contribution >= 0.6 is 0 Å². The second-order valence-electron chi connectivity index (χ2n) is 25.7. The minimum absolute atomic E-state index is 0.0588. The number of carbonyl (C=O) groups excluding carboxylic acids is 2. The standard InChI is InChI=1S/C77H146O5/c1-3-5-7-9-11-13-15-17-19-21-23-25-27-29-31-32-33-34-35-36-37-38-39-40-41-42-43-44-46-48-50-52-54-56-58-60-62-64-66-68-70-72-77(80)82-75(73-78)74-81-76(79)71-69-67-65-63-61-59-57-55-53-51-49-47-45-30-28-26-24-22-20-18-16-14-12-10-8-6-4-2/h15,17,21-24,75,78H,3-14,16,18-20,25-74H2,1-2H3/b17-15-,23-21-,24-22-. The Bertz CT molecular complexity index is 1300. The van der Waals surface area contributed by atoms with E-state index in [1.165, 1.54) is 353 Å². The van der Waals surface area contributed by atoms with E-state index >= 15 is 0 Å². The van der Waals surface area contributed by atoms with Crippen LogP contribution in [0.1, 0.15) is 425 Å². The van der Waals surface area contributed by atoms with Crippen LogP contribution < -0.4 is 0 Å². The molecule has 0 aliphatic rings. The highest BCUT2D eigenvalue weighted by Gasteiger charge is 2.16. The average molecular weight is 1150 g/mol. The van der Waals surface area contributed by atoms with Gasteiger partial charge in [0.05, 0.1) is 6.61 Å². The molecule has 0 radical (unpaired) electrons. The quantitative estimate of drug-likeness (QED) is 0.0373. The first-order valence-corrected chi connectivity index (χ1v) is 37.5. The molecule has 0 amide bonds. The lowest BCUT2D eigenvalue weighted by Crippen LogP contribution is -2.28. The lowest BCUT2D eigenvalue weighted by Gasteiger charge is -2.15. The monoisotopic (exact) mass is 1150 g/mol. The minimum atomic E-state index is -0.769. The molecule has 484 valence electrons. The predicted molar refractivity (Wildman–Crippen MR) is 362 cm³/mol. The highest BCUT2D eigenvalue weighted by molar-refractivity contribution is 5.70. The fourth-order valence-electron chi connectivity index (χ4n) is 11.8. The highest BCUT2D eigenvalue weighted by Crippen LogP contribution is 2.19. The summed E-state index contributed by atoms with van der Waals surface area (Å²) in [5.41, 5.74) is 0. The van der Waals surface area contributed by atoms with Crippen molar-refractivity contribution >= 4 is 11.9 Å². The van der Waals surface area contributed by atoms with Crippen LogP contribution in [-0.4, -0.2) is 36.4 Å². The van der Waals surface area contributed by atoms with E-state index in [9.17, 15) is 14.7 Å². The smallest absolute Gasteiger partial charge is 0.306 e. The first kappa shape index (κ1) is 80.1. The Morgan fingerprint density at radius 3 is 0.732 bits per heavy atom. The normalized spacial score (nSPS) is 12.3. The maximum Gasteiger partial charge on any atom is 0.306 e. The van der Waals surface area contributed by atoms with Gasteiger partial charge in [0.2, 0.25) is 0 Å². The largest absolute Gasteiger partial charge is 0.462 e. The number of esters is 2. The number of aliphatic hydroxyl groups is 1. The van der Waals surface area contributed by atoms with Crippen LogP contribution in [-0.2, 0) is 19.1 Å². The van der Waals surface area contributed by atoms with Crippen LogP contribution in [0, 0.1) is 0 Å². The Balaban J connectivity index is 3.36. The highest BCUT2D eigenvalue weighted by atomic mass is 16.6. The molecule has 5 nitrogen and oxygen atoms in total. The fourth-order valence-corrected chi connectivity index (χ4v) is 11.8. The van der Waals surface area contributed by atoms with Crippen LogP contribution in [0.4, 0.5) is 0 Å². The molecular formula is C77H146O5. The van der Waals surface area contributed by atoms with E-state index in [1.807, 2.05) is 0 Å². The van der Waals surface area contributed by atoms with Gasteiger partial charge in [-0.25, -0.2) is 0 Å². The summed E-state index contributed by atoms with van der Waals surface area (Å²) in [4.78, 5) is 24.7. The number of unbranched alkanes of at least 4 members (excludes halogenated alkanes) is 57. The molecule has 0 spiro atoms. The van der Waals surface area contributed by atoms with Crippen molar-refractivity contribution < 1.29 is 24.2 Å². The summed E-state index contributed by atoms with van der Waals surface area (Å²) in [6.45, 7) is 4.20. The number of ether oxygens (including phenoxy) is 2. The molecule has 0 fully saturated rings. The van der Waals surface area contributed by atoms with E-state index in [0.29, 0.717) is 12.8 Å². The maximum atomic E-state index is 12.4. The number of hydrogen-bond acceptors (Lipinski definition) is 5. The van der Waals surface area contributed by atoms with Crippen molar-refractivity contribution in [3.05, 3.63) is 36.5 Å². The molecule has 0 aromatic carbocycles. The lowest BCUT2D eigenvalue weighted by atomic mass is 10.0. The zero-order chi connectivity index (χ0) is 59.1. The van der Waals surface area contributed by atoms with Gasteiger partial charge in [0.1, 0.15) is 6.61 Å². The lowest BCUT2D eigenvalue weighted by molar-refractivity contribution is -0.161. The third-order valence-electron chi connectivity index (χ3n) is 17.4. The second kappa shape index (κ2) is 73.4. The van der Waals surface area contributed by atoms with E-state index in [2.05, 4.69) is 50.3 Å². The van der Waals surface area contributed by atoms with Crippen LogP contribution in [0.3, 0.4) is 0 Å². The number of allylic oxidation sites excluding steroid dienone is 6. The van der Waals surface area contributed by atoms with E-state index in [4.69, 9.17) is 9.47 Å². The molecule has 0 heterocycles. The summed E-state index contributed by atoms with van der Waals surface area (Å²) in [7, 11) is 0. The first-order valence-electron chi connectivity index (χ1n) is 37.5. The molecular weight excluding hydrogens is 1000 g/mol. The molecule has 0 aromatic rings. The van der Waals surface area contributed by atoms with Gasteiger partial charge in [-0.05, 0) is 70.6 Å². The first-order chi connectivity index (χ1) is 40.6. The third-order valence-corrected chi connectivity index (χ3v) is 17.4. The SMILES string of the molecule is CCCCCCC/C=C\C/C=C\CCCCCCCCCCCCCCCCCCCCCCCCCCCCCCCC(=O)OC(CO)COC(=O)CCCCCCCCCCCCCCCCC/C=C\CCCCCCCCCC. The Labute approximate surface area is 514 Å². The summed E-state index contributed by atoms with van der Waals surface area (Å²) >= 11 is 0. The molecule has 0 aromatic heterocycles. The third kappa shape index (κ3) is 70.6. The summed E-state index contributed by atoms with van der Waals surface area (Å²) in [6, 6.07) is 0. The summed E-state index contributed by atoms with van der Waals surface area (Å²) in [5.74, 6) is -0.564. The Morgan fingerprint density at radius 2 is 0.488 bits per heavy atom. The van der Waals surface area contributed by atoms with Crippen molar-refractivity contribution in [2.75, 3.05) is 13.2 Å². The Morgan fingerprint density at radius 1 is 0.280 bits per heavy atom. The van der Waals surface area contributed by atoms with E-state index in [-0.39, 0.29) is 25.2 Å². The summed E-state index contributed by atoms with van der Waals surface area (Å²) in [5, 5.41) is 9.71. The maximum absolute atomic E-state index is 12.4. The zero-order valence-corrected chi connectivity index (χ0v) is 55.8. The number of rotatable bonds is 71. The molecule has 1 unspecified atom stereocenters. The molecule has 0 bridgehead atoms. The van der Waals surface area contributed by atoms with Crippen molar-refractivity contribution in [3.63, 3.8) is 0 Å². The van der Waals surface area contributed by atoms with Gasteiger partial charge in [-0.3, -0.25) is 9.59 Å². The van der Waals surface area contributed by atoms with Crippen molar-refractivity contribution in [3.8, 4) is 0 Å². The van der Waals surface area contributed by atoms with Crippen molar-refractivity contribution in [2.45, 2.75) is 431 Å². The topological polar surface area (TPSA) is 72.8 Å². The predicted octanol–water partition coefficient (Wildman–Crippen LogP) is 26.1. The van der Waals surface area contributed by atoms with Gasteiger partial charge in [-0.2, -0.15) is 0 Å². The number of aliphatic hydroxyl groups excluding tert-OH is 1. The van der Waals surface area contributed by atoms with Gasteiger partial charge in [-0.15, -0.1) is 0 Å². The van der Waals surface area contributed by atoms with Gasteiger partial charge in [0.15, 0.2) is 6.10 Å². The zero-order valence-electron chi connectivity index (χ0n) is 55.8. The van der Waals surface area contributed by atoms with E-state index in [0.717, 1.165) is 44.9 Å². The molecule has 0 rings (SSSR count). The molecule has 82 heavy (non-hydrogen) atoms. The molecule has 1 N–H and O–H groups in total. The Hall–Kier alpha value is -1.88. The minimum Gasteiger partial charge on any atom is -0.462 e. The average Bonchev–Trinajstić information content (AvgIpc) is 3.49. The van der Waals surface area contributed by atoms with Crippen LogP contribution in [0.25, 0.3) is 0 Å². The molecule has 0 saturated carbocycles. The van der Waals surface area contributed by atoms with Crippen molar-refractivity contribution in [1.82, 2.24) is 0 Å². The summed E-state index contributed by atoms with van der Waals surface area (Å²) in [6.07, 6.45) is 97.9. The van der Waals surface area contributed by atoms with Crippen LogP contribution in [0.5, 0.6) is 0 Å². The van der Waals surface area contributed by atoms with Gasteiger partial charge >= 0.3 is 11.9 Å². The van der Waals surface area contributed by atoms with Crippen LogP contribution in [0.2, 0.25) is 0 Å². The van der Waals surface area contributed by atoms with Gasteiger partial charge in [0, 0.05) is 12.8 Å². The van der Waals surface area contributed by atoms with Gasteiger partial charge < -0.3 is 14.6 Å². The molecule has 5 heteroatoms. The van der Waals surface area contributed by atoms with E-state index in [1.54, 1.807) is 0 Å². The van der Waals surface area contributed by atoms with Crippen molar-refractivity contribution in [1.29, 1.82) is 0 Å². The number of carbonyl (C=O) groups is 2. The van der Waals surface area contributed by atoms with Crippen molar-refractivity contribution in [2.24, 2.45) is 0 Å².